The van der Waals surface area contributed by atoms with Crippen LogP contribution in [0.25, 0.3) is 0 Å². The van der Waals surface area contributed by atoms with Crippen LogP contribution in [0.4, 0.5) is 0 Å². The maximum absolute atomic E-state index is 11.8. The Balaban J connectivity index is 2.87. The van der Waals surface area contributed by atoms with Crippen LogP contribution in [-0.2, 0) is 18.3 Å². The molecule has 1 aromatic rings. The van der Waals surface area contributed by atoms with E-state index in [1.54, 1.807) is 0 Å². The molecule has 0 N–H and O–H groups in total. The maximum Gasteiger partial charge on any atom is 0.330 e. The van der Waals surface area contributed by atoms with Crippen LogP contribution in [-0.4, -0.2) is 28.1 Å². The van der Waals surface area contributed by atoms with Crippen molar-refractivity contribution in [1.82, 2.24) is 9.13 Å². The largest absolute Gasteiger partial charge is 0.380 e. The van der Waals surface area contributed by atoms with Crippen LogP contribution in [0.5, 0.6) is 0 Å². The van der Waals surface area contributed by atoms with E-state index in [0.717, 1.165) is 17.4 Å². The molecule has 1 aromatic heterocycles. The number of hydrogen-bond donors (Lipinski definition) is 0. The van der Waals surface area contributed by atoms with Crippen LogP contribution in [0.3, 0.4) is 0 Å². The van der Waals surface area contributed by atoms with Crippen molar-refractivity contribution in [3.8, 4) is 0 Å². The lowest BCUT2D eigenvalue weighted by molar-refractivity contribution is 0.101. The smallest absolute Gasteiger partial charge is 0.330 e. The normalized spacial score (nSPS) is 10.7. The van der Waals surface area contributed by atoms with Gasteiger partial charge in [-0.05, 0) is 13.3 Å². The molecule has 6 nitrogen and oxygen atoms in total. The number of ether oxygens (including phenoxy) is 1. The predicted octanol–water partition coefficient (Wildman–Crippen LogP) is 0.566. The first-order chi connectivity index (χ1) is 8.99. The van der Waals surface area contributed by atoms with E-state index in [0.29, 0.717) is 19.8 Å². The van der Waals surface area contributed by atoms with Crippen molar-refractivity contribution in [3.05, 3.63) is 32.6 Å². The van der Waals surface area contributed by atoms with Crippen molar-refractivity contribution in [2.45, 2.75) is 33.2 Å². The number of rotatable bonds is 7. The number of hydrogen-bond acceptors (Lipinski definition) is 4. The van der Waals surface area contributed by atoms with E-state index in [9.17, 15) is 14.4 Å². The van der Waals surface area contributed by atoms with E-state index < -0.39 is 11.2 Å². The Morgan fingerprint density at radius 1 is 1.32 bits per heavy atom. The number of carbonyl (C=O) groups excluding carboxylic acids is 1. The van der Waals surface area contributed by atoms with Crippen molar-refractivity contribution in [2.24, 2.45) is 7.05 Å². The summed E-state index contributed by atoms with van der Waals surface area (Å²) in [6.45, 7) is 4.74. The molecule has 0 atom stereocenters. The van der Waals surface area contributed by atoms with Crippen LogP contribution in [0, 0.1) is 0 Å². The van der Waals surface area contributed by atoms with E-state index in [4.69, 9.17) is 4.74 Å². The van der Waals surface area contributed by atoms with Gasteiger partial charge in [-0.3, -0.25) is 18.7 Å². The fourth-order valence-corrected chi connectivity index (χ4v) is 1.64. The van der Waals surface area contributed by atoms with Gasteiger partial charge in [0.15, 0.2) is 5.78 Å². The second kappa shape index (κ2) is 7.04. The minimum atomic E-state index is -0.555. The summed E-state index contributed by atoms with van der Waals surface area (Å²) in [6, 6.07) is 0. The summed E-state index contributed by atoms with van der Waals surface area (Å²) in [5.74, 6) is -0.346. The average molecular weight is 268 g/mol. The summed E-state index contributed by atoms with van der Waals surface area (Å²) in [7, 11) is 1.37. The molecule has 0 aliphatic carbocycles. The van der Waals surface area contributed by atoms with Gasteiger partial charge in [-0.25, -0.2) is 4.79 Å². The Hall–Kier alpha value is -1.69. The van der Waals surface area contributed by atoms with Crippen LogP contribution in [0.2, 0.25) is 0 Å². The zero-order valence-corrected chi connectivity index (χ0v) is 11.6. The fourth-order valence-electron chi connectivity index (χ4n) is 1.64. The van der Waals surface area contributed by atoms with Gasteiger partial charge in [0.05, 0.1) is 18.7 Å². The standard InChI is InChI=1S/C13H20N2O4/c1-4-5-7-19-8-6-15-9-11(10(2)16)12(17)14(3)13(15)18/h9H,4-8H2,1-3H3. The molecule has 0 aliphatic heterocycles. The highest BCUT2D eigenvalue weighted by molar-refractivity contribution is 5.93. The number of aromatic nitrogens is 2. The Labute approximate surface area is 111 Å². The van der Waals surface area contributed by atoms with Crippen LogP contribution in [0.1, 0.15) is 37.0 Å². The average Bonchev–Trinajstić information content (AvgIpc) is 2.37. The van der Waals surface area contributed by atoms with Crippen molar-refractivity contribution >= 4 is 5.78 Å². The number of ketones is 1. The topological polar surface area (TPSA) is 70.3 Å². The van der Waals surface area contributed by atoms with Crippen molar-refractivity contribution in [2.75, 3.05) is 13.2 Å². The molecule has 0 amide bonds. The molecular formula is C13H20N2O4. The van der Waals surface area contributed by atoms with E-state index in [1.165, 1.54) is 24.7 Å². The Morgan fingerprint density at radius 3 is 2.58 bits per heavy atom. The molecule has 0 aliphatic rings. The Bertz CT molecular complexity index is 557. The quantitative estimate of drug-likeness (QED) is 0.535. The minimum absolute atomic E-state index is 0.0238. The zero-order chi connectivity index (χ0) is 14.4. The molecule has 0 bridgehead atoms. The third kappa shape index (κ3) is 3.89. The first-order valence-corrected chi connectivity index (χ1v) is 6.38. The SMILES string of the molecule is CCCCOCCn1cc(C(C)=O)c(=O)n(C)c1=O. The zero-order valence-electron chi connectivity index (χ0n) is 11.6. The molecule has 0 aromatic carbocycles. The first kappa shape index (κ1) is 15.4. The van der Waals surface area contributed by atoms with E-state index in [2.05, 4.69) is 6.92 Å². The summed E-state index contributed by atoms with van der Waals surface area (Å²) < 4.78 is 7.66. The third-order valence-electron chi connectivity index (χ3n) is 2.85. The van der Waals surface area contributed by atoms with Gasteiger partial charge in [-0.15, -0.1) is 0 Å². The van der Waals surface area contributed by atoms with Crippen LogP contribution >= 0.6 is 0 Å². The summed E-state index contributed by atoms with van der Waals surface area (Å²) in [4.78, 5) is 34.9. The molecule has 0 unspecified atom stereocenters. The molecular weight excluding hydrogens is 248 g/mol. The molecule has 0 saturated heterocycles. The summed E-state index contributed by atoms with van der Waals surface area (Å²) in [6.07, 6.45) is 3.34. The second-order valence-electron chi connectivity index (χ2n) is 4.41. The van der Waals surface area contributed by atoms with Crippen molar-refractivity contribution in [3.63, 3.8) is 0 Å². The fraction of sp³-hybridized carbons (Fsp3) is 0.615. The lowest BCUT2D eigenvalue weighted by atomic mass is 10.2. The maximum atomic E-state index is 11.8. The Kier molecular flexibility index (Phi) is 5.69. The summed E-state index contributed by atoms with van der Waals surface area (Å²) in [5, 5.41) is 0. The highest BCUT2D eigenvalue weighted by atomic mass is 16.5. The van der Waals surface area contributed by atoms with Gasteiger partial charge in [-0.2, -0.15) is 0 Å². The summed E-state index contributed by atoms with van der Waals surface area (Å²) in [5.41, 5.74) is -0.967. The molecule has 106 valence electrons. The van der Waals surface area contributed by atoms with E-state index in [-0.39, 0.29) is 11.3 Å². The predicted molar refractivity (Wildman–Crippen MR) is 71.7 cm³/mol. The lowest BCUT2D eigenvalue weighted by Crippen LogP contribution is -2.40. The van der Waals surface area contributed by atoms with Gasteiger partial charge in [0.1, 0.15) is 0 Å². The first-order valence-electron chi connectivity index (χ1n) is 6.38. The number of Topliss-reactive ketones (excluding diaryl/α,β-unsaturated/α-hetero) is 1. The molecule has 19 heavy (non-hydrogen) atoms. The minimum Gasteiger partial charge on any atom is -0.380 e. The highest BCUT2D eigenvalue weighted by Gasteiger charge is 2.11. The number of carbonyl (C=O) groups is 1. The number of nitrogens with zero attached hydrogens (tertiary/aromatic N) is 2. The molecule has 6 heteroatoms. The van der Waals surface area contributed by atoms with Crippen molar-refractivity contribution < 1.29 is 9.53 Å². The third-order valence-corrected chi connectivity index (χ3v) is 2.85. The van der Waals surface area contributed by atoms with Crippen LogP contribution < -0.4 is 11.2 Å². The molecule has 1 heterocycles. The monoisotopic (exact) mass is 268 g/mol. The molecule has 0 spiro atoms. The molecule has 0 fully saturated rings. The van der Waals surface area contributed by atoms with Crippen LogP contribution in [0.15, 0.2) is 15.8 Å². The van der Waals surface area contributed by atoms with Gasteiger partial charge in [0, 0.05) is 19.9 Å². The Morgan fingerprint density at radius 2 is 2.00 bits per heavy atom. The van der Waals surface area contributed by atoms with E-state index in [1.807, 2.05) is 0 Å². The number of unbranched alkanes of at least 4 members (excludes halogenated alkanes) is 1. The highest BCUT2D eigenvalue weighted by Crippen LogP contribution is 1.93. The van der Waals surface area contributed by atoms with E-state index >= 15 is 0 Å². The van der Waals surface area contributed by atoms with Gasteiger partial charge in [0.2, 0.25) is 0 Å². The molecule has 0 saturated carbocycles. The van der Waals surface area contributed by atoms with Gasteiger partial charge < -0.3 is 4.74 Å². The van der Waals surface area contributed by atoms with Gasteiger partial charge >= 0.3 is 5.69 Å². The lowest BCUT2D eigenvalue weighted by Gasteiger charge is -2.09. The molecule has 1 rings (SSSR count). The molecule has 0 radical (unpaired) electrons. The van der Waals surface area contributed by atoms with Gasteiger partial charge in [-0.1, -0.05) is 13.3 Å². The van der Waals surface area contributed by atoms with Crippen molar-refractivity contribution in [1.29, 1.82) is 0 Å². The summed E-state index contributed by atoms with van der Waals surface area (Å²) >= 11 is 0. The second-order valence-corrected chi connectivity index (χ2v) is 4.41. The van der Waals surface area contributed by atoms with Gasteiger partial charge in [0.25, 0.3) is 5.56 Å².